The van der Waals surface area contributed by atoms with Crippen molar-refractivity contribution in [1.82, 2.24) is 24.8 Å². The fraction of sp³-hybridized carbons (Fsp3) is 0.222. The van der Waals surface area contributed by atoms with E-state index in [0.717, 1.165) is 28.4 Å². The van der Waals surface area contributed by atoms with Crippen LogP contribution < -0.4 is 5.32 Å². The quantitative estimate of drug-likeness (QED) is 0.614. The molecule has 3 heterocycles. The molecular weight excluding hydrogens is 316 g/mol. The highest BCUT2D eigenvalue weighted by Gasteiger charge is 2.16. The Morgan fingerprint density at radius 3 is 2.60 bits per heavy atom. The standard InChI is InChI=1S/C18H18N6O/c1-11-9-16-20-15(14-7-5-4-6-8-14)10-17(24(16)23-11)19-12(2)18-22-21-13(3)25-18/h4-10,12,19H,1-3H3/t12-/m1/s1. The number of benzene rings is 1. The molecule has 0 aliphatic rings. The van der Waals surface area contributed by atoms with E-state index in [-0.39, 0.29) is 6.04 Å². The van der Waals surface area contributed by atoms with Crippen LogP contribution in [0.1, 0.15) is 30.4 Å². The van der Waals surface area contributed by atoms with Crippen molar-refractivity contribution in [2.24, 2.45) is 0 Å². The number of anilines is 1. The Hall–Kier alpha value is -3.22. The van der Waals surface area contributed by atoms with E-state index in [4.69, 9.17) is 9.40 Å². The minimum absolute atomic E-state index is 0.153. The molecule has 4 rings (SSSR count). The Morgan fingerprint density at radius 1 is 1.08 bits per heavy atom. The Morgan fingerprint density at radius 2 is 1.88 bits per heavy atom. The van der Waals surface area contributed by atoms with Gasteiger partial charge in [-0.1, -0.05) is 30.3 Å². The van der Waals surface area contributed by atoms with E-state index in [1.165, 1.54) is 0 Å². The predicted molar refractivity (Wildman–Crippen MR) is 94.2 cm³/mol. The smallest absolute Gasteiger partial charge is 0.238 e. The first-order valence-corrected chi connectivity index (χ1v) is 8.09. The van der Waals surface area contributed by atoms with Crippen molar-refractivity contribution in [3.05, 3.63) is 59.9 Å². The molecular formula is C18H18N6O. The Balaban J connectivity index is 1.78. The molecule has 1 atom stereocenters. The summed E-state index contributed by atoms with van der Waals surface area (Å²) in [6, 6.07) is 13.9. The highest BCUT2D eigenvalue weighted by molar-refractivity contribution is 5.66. The third-order valence-corrected chi connectivity index (χ3v) is 3.90. The molecule has 0 spiro atoms. The number of hydrogen-bond acceptors (Lipinski definition) is 6. The average Bonchev–Trinajstić information content (AvgIpc) is 3.20. The summed E-state index contributed by atoms with van der Waals surface area (Å²) in [5, 5.41) is 15.9. The monoisotopic (exact) mass is 334 g/mol. The molecule has 1 aromatic carbocycles. The average molecular weight is 334 g/mol. The van der Waals surface area contributed by atoms with Crippen molar-refractivity contribution in [2.45, 2.75) is 26.8 Å². The van der Waals surface area contributed by atoms with Crippen molar-refractivity contribution in [2.75, 3.05) is 5.32 Å². The number of hydrogen-bond donors (Lipinski definition) is 1. The van der Waals surface area contributed by atoms with Gasteiger partial charge in [0.25, 0.3) is 0 Å². The fourth-order valence-corrected chi connectivity index (χ4v) is 2.72. The van der Waals surface area contributed by atoms with Crippen LogP contribution in [0.15, 0.2) is 46.9 Å². The van der Waals surface area contributed by atoms with Crippen LogP contribution in [0.5, 0.6) is 0 Å². The first-order chi connectivity index (χ1) is 12.1. The third-order valence-electron chi connectivity index (χ3n) is 3.90. The van der Waals surface area contributed by atoms with Gasteiger partial charge in [-0.15, -0.1) is 10.2 Å². The second kappa shape index (κ2) is 6.01. The molecule has 0 unspecified atom stereocenters. The normalized spacial score (nSPS) is 12.4. The van der Waals surface area contributed by atoms with E-state index in [1.807, 2.05) is 56.3 Å². The van der Waals surface area contributed by atoms with E-state index in [9.17, 15) is 0 Å². The summed E-state index contributed by atoms with van der Waals surface area (Å²) >= 11 is 0. The lowest BCUT2D eigenvalue weighted by molar-refractivity contribution is 0.450. The van der Waals surface area contributed by atoms with Gasteiger partial charge in [-0.3, -0.25) is 0 Å². The summed E-state index contributed by atoms with van der Waals surface area (Å²) < 4.78 is 7.31. The molecule has 126 valence electrons. The molecule has 1 N–H and O–H groups in total. The van der Waals surface area contributed by atoms with Crippen LogP contribution in [0.25, 0.3) is 16.9 Å². The van der Waals surface area contributed by atoms with Gasteiger partial charge in [-0.25, -0.2) is 4.98 Å². The number of aromatic nitrogens is 5. The molecule has 0 bridgehead atoms. The highest BCUT2D eigenvalue weighted by atomic mass is 16.4. The Bertz CT molecular complexity index is 1020. The van der Waals surface area contributed by atoms with E-state index < -0.39 is 0 Å². The topological polar surface area (TPSA) is 81.1 Å². The zero-order valence-corrected chi connectivity index (χ0v) is 14.3. The SMILES string of the molecule is Cc1cc2nc(-c3ccccc3)cc(N[C@H](C)c3nnc(C)o3)n2n1. The van der Waals surface area contributed by atoms with E-state index in [2.05, 4.69) is 20.6 Å². The van der Waals surface area contributed by atoms with E-state index in [1.54, 1.807) is 11.4 Å². The van der Waals surface area contributed by atoms with Crippen LogP contribution >= 0.6 is 0 Å². The second-order valence-electron chi connectivity index (χ2n) is 5.97. The Kier molecular flexibility index (Phi) is 3.68. The lowest BCUT2D eigenvalue weighted by Crippen LogP contribution is -2.11. The summed E-state index contributed by atoms with van der Waals surface area (Å²) in [6.07, 6.45) is 0. The number of rotatable bonds is 4. The van der Waals surface area contributed by atoms with Crippen molar-refractivity contribution in [1.29, 1.82) is 0 Å². The van der Waals surface area contributed by atoms with Gasteiger partial charge in [0.2, 0.25) is 11.8 Å². The largest absolute Gasteiger partial charge is 0.423 e. The van der Waals surface area contributed by atoms with Gasteiger partial charge in [-0.2, -0.15) is 9.61 Å². The van der Waals surface area contributed by atoms with E-state index >= 15 is 0 Å². The van der Waals surface area contributed by atoms with Crippen LogP contribution in [0, 0.1) is 13.8 Å². The zero-order chi connectivity index (χ0) is 17.4. The molecule has 0 radical (unpaired) electrons. The summed E-state index contributed by atoms with van der Waals surface area (Å²) in [5.74, 6) is 1.90. The summed E-state index contributed by atoms with van der Waals surface area (Å²) in [6.45, 7) is 5.70. The van der Waals surface area contributed by atoms with Crippen molar-refractivity contribution >= 4 is 11.5 Å². The summed E-state index contributed by atoms with van der Waals surface area (Å²) in [4.78, 5) is 4.72. The maximum Gasteiger partial charge on any atom is 0.238 e. The minimum Gasteiger partial charge on any atom is -0.423 e. The van der Waals surface area contributed by atoms with Crippen molar-refractivity contribution in [3.63, 3.8) is 0 Å². The van der Waals surface area contributed by atoms with Crippen LogP contribution in [-0.2, 0) is 0 Å². The molecule has 0 aliphatic carbocycles. The number of fused-ring (bicyclic) bond motifs is 1. The van der Waals surface area contributed by atoms with Gasteiger partial charge in [0.15, 0.2) is 5.65 Å². The van der Waals surface area contributed by atoms with Crippen LogP contribution in [0.4, 0.5) is 5.82 Å². The molecule has 0 saturated heterocycles. The fourth-order valence-electron chi connectivity index (χ4n) is 2.72. The van der Waals surface area contributed by atoms with Crippen molar-refractivity contribution < 1.29 is 4.42 Å². The zero-order valence-electron chi connectivity index (χ0n) is 14.3. The molecule has 3 aromatic heterocycles. The third kappa shape index (κ3) is 2.96. The van der Waals surface area contributed by atoms with Gasteiger partial charge in [0.05, 0.1) is 11.4 Å². The van der Waals surface area contributed by atoms with E-state index in [0.29, 0.717) is 11.8 Å². The molecule has 0 aliphatic heterocycles. The first kappa shape index (κ1) is 15.3. The maximum atomic E-state index is 5.52. The molecule has 0 saturated carbocycles. The lowest BCUT2D eigenvalue weighted by atomic mass is 10.1. The maximum absolute atomic E-state index is 5.52. The number of nitrogens with one attached hydrogen (secondary N) is 1. The Labute approximate surface area is 144 Å². The van der Waals surface area contributed by atoms with Crippen LogP contribution in [-0.4, -0.2) is 24.8 Å². The second-order valence-corrected chi connectivity index (χ2v) is 5.97. The van der Waals surface area contributed by atoms with Crippen LogP contribution in [0.2, 0.25) is 0 Å². The lowest BCUT2D eigenvalue weighted by Gasteiger charge is -2.14. The van der Waals surface area contributed by atoms with Gasteiger partial charge >= 0.3 is 0 Å². The molecule has 0 fully saturated rings. The molecule has 25 heavy (non-hydrogen) atoms. The minimum atomic E-state index is -0.153. The summed E-state index contributed by atoms with van der Waals surface area (Å²) in [7, 11) is 0. The number of aryl methyl sites for hydroxylation is 2. The van der Waals surface area contributed by atoms with Crippen LogP contribution in [0.3, 0.4) is 0 Å². The summed E-state index contributed by atoms with van der Waals surface area (Å²) in [5.41, 5.74) is 3.62. The molecule has 7 nitrogen and oxygen atoms in total. The van der Waals surface area contributed by atoms with Gasteiger partial charge in [0.1, 0.15) is 11.9 Å². The van der Waals surface area contributed by atoms with Gasteiger partial charge in [-0.05, 0) is 13.8 Å². The molecule has 4 aromatic rings. The molecule has 0 amide bonds. The highest BCUT2D eigenvalue weighted by Crippen LogP contribution is 2.25. The molecule has 7 heteroatoms. The van der Waals surface area contributed by atoms with Gasteiger partial charge < -0.3 is 9.73 Å². The first-order valence-electron chi connectivity index (χ1n) is 8.09. The van der Waals surface area contributed by atoms with Crippen molar-refractivity contribution in [3.8, 4) is 11.3 Å². The number of nitrogens with zero attached hydrogens (tertiary/aromatic N) is 5. The predicted octanol–water partition coefficient (Wildman–Crippen LogP) is 3.57. The van der Waals surface area contributed by atoms with Gasteiger partial charge in [0, 0.05) is 24.6 Å².